The Hall–Kier alpha value is -1.86. The quantitative estimate of drug-likeness (QED) is 0.590. The Morgan fingerprint density at radius 1 is 1.48 bits per heavy atom. The van der Waals surface area contributed by atoms with Crippen molar-refractivity contribution in [2.24, 2.45) is 0 Å². The van der Waals surface area contributed by atoms with E-state index in [-0.39, 0.29) is 28.4 Å². The number of nitrogens with one attached hydrogen (secondary N) is 1. The number of halogens is 1. The van der Waals surface area contributed by atoms with Crippen molar-refractivity contribution in [1.29, 1.82) is 0 Å². The highest BCUT2D eigenvalue weighted by molar-refractivity contribution is 6.30. The molecule has 138 valence electrons. The van der Waals surface area contributed by atoms with E-state index in [2.05, 4.69) is 5.32 Å². The number of nitrogens with zero attached hydrogens (tertiary/aromatic N) is 2. The molecule has 1 N–H and O–H groups in total. The molecule has 1 aromatic carbocycles. The third kappa shape index (κ3) is 5.06. The van der Waals surface area contributed by atoms with Crippen molar-refractivity contribution in [3.8, 4) is 5.75 Å². The van der Waals surface area contributed by atoms with Crippen LogP contribution in [0.3, 0.4) is 0 Å². The number of nitro benzene ring substituents is 1. The summed E-state index contributed by atoms with van der Waals surface area (Å²) in [7, 11) is 0. The van der Waals surface area contributed by atoms with Gasteiger partial charge in [-0.25, -0.2) is 0 Å². The number of nitro groups is 1. The van der Waals surface area contributed by atoms with Crippen LogP contribution in [0.25, 0.3) is 0 Å². The maximum Gasteiger partial charge on any atom is 0.312 e. The summed E-state index contributed by atoms with van der Waals surface area (Å²) in [5.41, 5.74) is -0.240. The zero-order valence-corrected chi connectivity index (χ0v) is 15.3. The first-order valence-corrected chi connectivity index (χ1v) is 8.93. The van der Waals surface area contributed by atoms with E-state index in [4.69, 9.17) is 16.3 Å². The second kappa shape index (κ2) is 9.01. The Bertz CT molecular complexity index is 620. The zero-order chi connectivity index (χ0) is 18.4. The van der Waals surface area contributed by atoms with Crippen molar-refractivity contribution in [1.82, 2.24) is 10.2 Å². The van der Waals surface area contributed by atoms with Crippen molar-refractivity contribution in [2.45, 2.75) is 45.3 Å². The van der Waals surface area contributed by atoms with Crippen molar-refractivity contribution >= 4 is 23.2 Å². The smallest absolute Gasteiger partial charge is 0.312 e. The van der Waals surface area contributed by atoms with Crippen LogP contribution in [0.2, 0.25) is 5.02 Å². The third-order valence-corrected chi connectivity index (χ3v) is 4.50. The van der Waals surface area contributed by atoms with Crippen LogP contribution in [-0.4, -0.2) is 47.5 Å². The van der Waals surface area contributed by atoms with E-state index in [9.17, 15) is 14.9 Å². The molecule has 1 aromatic rings. The molecule has 7 nitrogen and oxygen atoms in total. The van der Waals surface area contributed by atoms with Crippen molar-refractivity contribution in [3.05, 3.63) is 33.3 Å². The van der Waals surface area contributed by atoms with Gasteiger partial charge < -0.3 is 15.0 Å². The highest BCUT2D eigenvalue weighted by atomic mass is 35.5. The minimum Gasteiger partial charge on any atom is -0.474 e. The van der Waals surface area contributed by atoms with E-state index in [1.54, 1.807) is 6.92 Å². The number of hydrogen-bond donors (Lipinski definition) is 1. The molecule has 1 unspecified atom stereocenters. The van der Waals surface area contributed by atoms with E-state index in [1.165, 1.54) is 18.2 Å². The van der Waals surface area contributed by atoms with Crippen LogP contribution in [-0.2, 0) is 4.79 Å². The molecular formula is C17H24ClN3O4. The molecule has 0 aliphatic carbocycles. The first-order chi connectivity index (χ1) is 11.9. The lowest BCUT2D eigenvalue weighted by Crippen LogP contribution is -2.50. The monoisotopic (exact) mass is 369 g/mol. The second-order valence-corrected chi connectivity index (χ2v) is 6.58. The van der Waals surface area contributed by atoms with Gasteiger partial charge in [-0.1, -0.05) is 18.5 Å². The fourth-order valence-electron chi connectivity index (χ4n) is 3.04. The van der Waals surface area contributed by atoms with Crippen LogP contribution >= 0.6 is 11.6 Å². The fraction of sp³-hybridized carbons (Fsp3) is 0.588. The number of carbonyl (C=O) groups excluding carboxylic acids is 1. The van der Waals surface area contributed by atoms with E-state index in [1.807, 2.05) is 11.8 Å². The van der Waals surface area contributed by atoms with Crippen LogP contribution in [0, 0.1) is 10.1 Å². The number of ether oxygens (including phenoxy) is 1. The van der Waals surface area contributed by atoms with Gasteiger partial charge in [-0.2, -0.15) is 0 Å². The molecule has 1 amide bonds. The second-order valence-electron chi connectivity index (χ2n) is 6.14. The summed E-state index contributed by atoms with van der Waals surface area (Å²) in [5.74, 6) is -0.0880. The van der Waals surface area contributed by atoms with Gasteiger partial charge >= 0.3 is 5.69 Å². The number of amides is 1. The van der Waals surface area contributed by atoms with Crippen LogP contribution < -0.4 is 10.1 Å². The van der Waals surface area contributed by atoms with Gasteiger partial charge in [-0.3, -0.25) is 14.9 Å². The van der Waals surface area contributed by atoms with E-state index >= 15 is 0 Å². The largest absolute Gasteiger partial charge is 0.474 e. The van der Waals surface area contributed by atoms with E-state index < -0.39 is 11.0 Å². The van der Waals surface area contributed by atoms with Gasteiger partial charge in [0.05, 0.1) is 4.92 Å². The third-order valence-electron chi connectivity index (χ3n) is 4.27. The Morgan fingerprint density at radius 2 is 2.16 bits per heavy atom. The lowest BCUT2D eigenvalue weighted by atomic mass is 10.0. The summed E-state index contributed by atoms with van der Waals surface area (Å²) in [6, 6.07) is 4.35. The summed E-state index contributed by atoms with van der Waals surface area (Å²) in [6.45, 7) is 6.08. The minimum absolute atomic E-state index is 0.0528. The number of piperidine rings is 1. The van der Waals surface area contributed by atoms with Gasteiger partial charge in [0.1, 0.15) is 0 Å². The molecule has 1 aliphatic heterocycles. The molecule has 1 saturated heterocycles. The summed E-state index contributed by atoms with van der Waals surface area (Å²) >= 11 is 5.81. The van der Waals surface area contributed by atoms with E-state index in [0.29, 0.717) is 6.54 Å². The van der Waals surface area contributed by atoms with Crippen LogP contribution in [0.1, 0.15) is 33.1 Å². The average Bonchev–Trinajstić information content (AvgIpc) is 2.61. The van der Waals surface area contributed by atoms with Crippen LogP contribution in [0.4, 0.5) is 5.69 Å². The Labute approximate surface area is 152 Å². The van der Waals surface area contributed by atoms with Crippen LogP contribution in [0.5, 0.6) is 5.75 Å². The van der Waals surface area contributed by atoms with Gasteiger partial charge in [0.2, 0.25) is 0 Å². The molecule has 0 aromatic heterocycles. The summed E-state index contributed by atoms with van der Waals surface area (Å²) in [4.78, 5) is 25.3. The van der Waals surface area contributed by atoms with Crippen molar-refractivity contribution in [2.75, 3.05) is 19.6 Å². The number of rotatable bonds is 7. The molecule has 1 heterocycles. The molecule has 25 heavy (non-hydrogen) atoms. The van der Waals surface area contributed by atoms with E-state index in [0.717, 1.165) is 32.4 Å². The summed E-state index contributed by atoms with van der Waals surface area (Å²) < 4.78 is 5.63. The number of carbonyl (C=O) groups is 1. The first-order valence-electron chi connectivity index (χ1n) is 8.55. The molecule has 0 spiro atoms. The Morgan fingerprint density at radius 3 is 2.76 bits per heavy atom. The summed E-state index contributed by atoms with van der Waals surface area (Å²) in [5, 5.41) is 14.7. The molecule has 0 saturated carbocycles. The molecule has 1 aliphatic rings. The fourth-order valence-corrected chi connectivity index (χ4v) is 3.21. The molecule has 1 fully saturated rings. The highest BCUT2D eigenvalue weighted by Gasteiger charge is 2.30. The highest BCUT2D eigenvalue weighted by Crippen LogP contribution is 2.31. The predicted molar refractivity (Wildman–Crippen MR) is 96.1 cm³/mol. The lowest BCUT2D eigenvalue weighted by Gasteiger charge is -2.36. The van der Waals surface area contributed by atoms with Crippen LogP contribution in [0.15, 0.2) is 18.2 Å². The Kier molecular flexibility index (Phi) is 7.01. The number of benzene rings is 1. The Balaban J connectivity index is 2.13. The molecule has 0 bridgehead atoms. The topological polar surface area (TPSA) is 84.7 Å². The van der Waals surface area contributed by atoms with Gasteiger partial charge in [0.15, 0.2) is 11.9 Å². The predicted octanol–water partition coefficient (Wildman–Crippen LogP) is 3.01. The minimum atomic E-state index is -0.804. The van der Waals surface area contributed by atoms with Crippen molar-refractivity contribution in [3.63, 3.8) is 0 Å². The number of hydrogen-bond acceptors (Lipinski definition) is 5. The van der Waals surface area contributed by atoms with Gasteiger partial charge in [-0.15, -0.1) is 0 Å². The maximum atomic E-state index is 12.9. The lowest BCUT2D eigenvalue weighted by molar-refractivity contribution is -0.386. The molecule has 2 rings (SSSR count). The van der Waals surface area contributed by atoms with Gasteiger partial charge in [0.25, 0.3) is 5.91 Å². The summed E-state index contributed by atoms with van der Waals surface area (Å²) in [6.07, 6.45) is 1.85. The molecule has 8 heteroatoms. The van der Waals surface area contributed by atoms with Crippen molar-refractivity contribution < 1.29 is 14.5 Å². The van der Waals surface area contributed by atoms with Gasteiger partial charge in [-0.05, 0) is 51.4 Å². The average molecular weight is 370 g/mol. The standard InChI is InChI=1S/C17H24ClN3O4/c1-3-10-20(14-6-8-19-9-7-14)17(22)12(2)25-16-5-4-13(18)11-15(16)21(23)24/h4-5,11-12,14,19H,3,6-10H2,1-2H3. The first kappa shape index (κ1) is 19.5. The molecule has 0 radical (unpaired) electrons. The molecule has 1 atom stereocenters. The maximum absolute atomic E-state index is 12.9. The zero-order valence-electron chi connectivity index (χ0n) is 14.5. The van der Waals surface area contributed by atoms with Gasteiger partial charge in [0, 0.05) is 23.7 Å². The SMILES string of the molecule is CCCN(C(=O)C(C)Oc1ccc(Cl)cc1[N+](=O)[O-])C1CCNCC1. The molecular weight excluding hydrogens is 346 g/mol. The normalized spacial score (nSPS) is 16.3.